The summed E-state index contributed by atoms with van der Waals surface area (Å²) in [5.41, 5.74) is 0.820. The van der Waals surface area contributed by atoms with Crippen LogP contribution in [0.3, 0.4) is 0 Å². The van der Waals surface area contributed by atoms with Gasteiger partial charge in [0.15, 0.2) is 0 Å². The maximum Gasteiger partial charge on any atom is 0.263 e. The minimum absolute atomic E-state index is 0.00156. The van der Waals surface area contributed by atoms with Crippen molar-refractivity contribution in [2.24, 2.45) is 4.99 Å². The predicted molar refractivity (Wildman–Crippen MR) is 104 cm³/mol. The zero-order valence-corrected chi connectivity index (χ0v) is 16.5. The molecule has 3 rings (SSSR count). The van der Waals surface area contributed by atoms with Gasteiger partial charge in [-0.25, -0.2) is 21.6 Å². The van der Waals surface area contributed by atoms with Gasteiger partial charge >= 0.3 is 0 Å². The molecule has 0 unspecified atom stereocenters. The number of hydrogen-bond acceptors (Lipinski definition) is 6. The summed E-state index contributed by atoms with van der Waals surface area (Å²) in [4.78, 5) is 15.4. The summed E-state index contributed by atoms with van der Waals surface area (Å²) >= 11 is 0. The number of carbonyl (C=O) groups is 1. The van der Waals surface area contributed by atoms with Crippen molar-refractivity contribution >= 4 is 37.5 Å². The van der Waals surface area contributed by atoms with Crippen LogP contribution in [-0.4, -0.2) is 41.7 Å². The van der Waals surface area contributed by atoms with E-state index < -0.39 is 20.0 Å². The number of hydrogen-bond donors (Lipinski definition) is 3. The molecule has 0 saturated heterocycles. The monoisotopic (exact) mass is 422 g/mol. The first-order valence-corrected chi connectivity index (χ1v) is 11.2. The molecule has 1 amide bonds. The molecule has 1 heterocycles. The van der Waals surface area contributed by atoms with Gasteiger partial charge in [-0.3, -0.25) is 14.5 Å². The molecule has 0 aliphatic carbocycles. The Morgan fingerprint density at radius 2 is 1.89 bits per heavy atom. The van der Waals surface area contributed by atoms with E-state index >= 15 is 0 Å². The van der Waals surface area contributed by atoms with Crippen LogP contribution in [0.4, 0.5) is 5.69 Å². The van der Waals surface area contributed by atoms with Gasteiger partial charge in [0.2, 0.25) is 15.9 Å². The summed E-state index contributed by atoms with van der Waals surface area (Å²) in [6.07, 6.45) is 0. The van der Waals surface area contributed by atoms with E-state index in [2.05, 4.69) is 19.8 Å². The average molecular weight is 422 g/mol. The van der Waals surface area contributed by atoms with E-state index in [9.17, 15) is 21.6 Å². The van der Waals surface area contributed by atoms with Crippen molar-refractivity contribution in [2.75, 3.05) is 18.4 Å². The molecule has 0 saturated carbocycles. The van der Waals surface area contributed by atoms with Crippen LogP contribution in [0.15, 0.2) is 63.3 Å². The van der Waals surface area contributed by atoms with Gasteiger partial charge in [-0.2, -0.15) is 0 Å². The molecule has 148 valence electrons. The molecule has 0 fully saturated rings. The normalized spacial score (nSPS) is 16.4. The van der Waals surface area contributed by atoms with Gasteiger partial charge in [0.25, 0.3) is 10.0 Å². The van der Waals surface area contributed by atoms with Gasteiger partial charge in [-0.15, -0.1) is 0 Å². The van der Waals surface area contributed by atoms with Crippen molar-refractivity contribution < 1.29 is 21.6 Å². The SMILES string of the molecule is CC(=O)Nc1cccc(S(=O)(=O)NCCN=C2NS(=O)(=O)c3ccccc32)c1. The van der Waals surface area contributed by atoms with Crippen LogP contribution in [0.2, 0.25) is 0 Å². The Labute approximate surface area is 163 Å². The molecule has 28 heavy (non-hydrogen) atoms. The van der Waals surface area contributed by atoms with Gasteiger partial charge in [-0.05, 0) is 30.3 Å². The van der Waals surface area contributed by atoms with Gasteiger partial charge in [0, 0.05) is 24.7 Å². The lowest BCUT2D eigenvalue weighted by Gasteiger charge is -2.08. The zero-order chi connectivity index (χ0) is 20.4. The lowest BCUT2D eigenvalue weighted by atomic mass is 10.2. The molecule has 3 N–H and O–H groups in total. The van der Waals surface area contributed by atoms with E-state index in [1.54, 1.807) is 24.3 Å². The minimum atomic E-state index is -3.81. The van der Waals surface area contributed by atoms with E-state index in [0.29, 0.717) is 11.3 Å². The summed E-state index contributed by atoms with van der Waals surface area (Å²) in [5, 5.41) is 2.52. The Balaban J connectivity index is 1.67. The maximum absolute atomic E-state index is 12.4. The molecule has 2 aromatic carbocycles. The van der Waals surface area contributed by atoms with E-state index in [1.807, 2.05) is 0 Å². The molecule has 9 nitrogen and oxygen atoms in total. The number of amides is 1. The largest absolute Gasteiger partial charge is 0.326 e. The fraction of sp³-hybridized carbons (Fsp3) is 0.176. The molecule has 2 aromatic rings. The minimum Gasteiger partial charge on any atom is -0.326 e. The number of nitrogens with zero attached hydrogens (tertiary/aromatic N) is 1. The molecular formula is C17H18N4O5S2. The van der Waals surface area contributed by atoms with Gasteiger partial charge in [0.05, 0.1) is 16.3 Å². The molecule has 1 aliphatic heterocycles. The molecule has 0 atom stereocenters. The fourth-order valence-electron chi connectivity index (χ4n) is 2.63. The molecule has 11 heteroatoms. The Kier molecular flexibility index (Phi) is 5.49. The van der Waals surface area contributed by atoms with Crippen LogP contribution >= 0.6 is 0 Å². The second kappa shape index (κ2) is 7.70. The first-order valence-electron chi connectivity index (χ1n) is 8.23. The number of fused-ring (bicyclic) bond motifs is 1. The molecule has 0 spiro atoms. The number of anilines is 1. The Morgan fingerprint density at radius 1 is 1.14 bits per heavy atom. The number of carbonyl (C=O) groups excluding carboxylic acids is 1. The van der Waals surface area contributed by atoms with E-state index in [1.165, 1.54) is 31.2 Å². The Morgan fingerprint density at radius 3 is 2.64 bits per heavy atom. The Bertz CT molecular complexity index is 1160. The van der Waals surface area contributed by atoms with Crippen LogP contribution in [0.1, 0.15) is 12.5 Å². The van der Waals surface area contributed by atoms with E-state index in [0.717, 1.165) is 0 Å². The van der Waals surface area contributed by atoms with Crippen molar-refractivity contribution in [3.8, 4) is 0 Å². The van der Waals surface area contributed by atoms with E-state index in [-0.39, 0.29) is 34.6 Å². The average Bonchev–Trinajstić information content (AvgIpc) is 2.89. The number of aliphatic imine (C=N–C) groups is 1. The summed E-state index contributed by atoms with van der Waals surface area (Å²) in [5.74, 6) is -0.125. The van der Waals surface area contributed by atoms with Crippen molar-refractivity contribution in [3.05, 3.63) is 54.1 Å². The van der Waals surface area contributed by atoms with Crippen LogP contribution in [0.25, 0.3) is 0 Å². The number of amidine groups is 1. The van der Waals surface area contributed by atoms with Crippen molar-refractivity contribution in [3.63, 3.8) is 0 Å². The number of benzene rings is 2. The quantitative estimate of drug-likeness (QED) is 0.588. The molecule has 0 radical (unpaired) electrons. The maximum atomic E-state index is 12.4. The highest BCUT2D eigenvalue weighted by Gasteiger charge is 2.29. The highest BCUT2D eigenvalue weighted by Crippen LogP contribution is 2.22. The smallest absolute Gasteiger partial charge is 0.263 e. The zero-order valence-electron chi connectivity index (χ0n) is 14.8. The second-order valence-electron chi connectivity index (χ2n) is 5.94. The second-order valence-corrected chi connectivity index (χ2v) is 9.36. The predicted octanol–water partition coefficient (Wildman–Crippen LogP) is 0.662. The lowest BCUT2D eigenvalue weighted by molar-refractivity contribution is -0.114. The van der Waals surface area contributed by atoms with Crippen LogP contribution in [0, 0.1) is 0 Å². The fourth-order valence-corrected chi connectivity index (χ4v) is 4.94. The molecule has 1 aliphatic rings. The summed E-state index contributed by atoms with van der Waals surface area (Å²) in [7, 11) is -7.44. The number of sulfonamides is 2. The summed E-state index contributed by atoms with van der Waals surface area (Å²) < 4.78 is 53.6. The van der Waals surface area contributed by atoms with Crippen molar-refractivity contribution in [1.29, 1.82) is 0 Å². The first kappa shape index (κ1) is 20.0. The Hall–Kier alpha value is -2.76. The topological polar surface area (TPSA) is 134 Å². The molecule has 0 bridgehead atoms. The lowest BCUT2D eigenvalue weighted by Crippen LogP contribution is -2.28. The van der Waals surface area contributed by atoms with E-state index in [4.69, 9.17) is 0 Å². The third kappa shape index (κ3) is 4.38. The summed E-state index contributed by atoms with van der Waals surface area (Å²) in [6.45, 7) is 1.34. The third-order valence-corrected chi connectivity index (χ3v) is 6.66. The highest BCUT2D eigenvalue weighted by atomic mass is 32.2. The molecule has 0 aromatic heterocycles. The van der Waals surface area contributed by atoms with Crippen LogP contribution < -0.4 is 14.8 Å². The van der Waals surface area contributed by atoms with Gasteiger partial charge < -0.3 is 5.32 Å². The first-order chi connectivity index (χ1) is 13.2. The third-order valence-electron chi connectivity index (χ3n) is 3.80. The number of nitrogens with one attached hydrogen (secondary N) is 3. The molecular weight excluding hydrogens is 404 g/mol. The van der Waals surface area contributed by atoms with Gasteiger partial charge in [0.1, 0.15) is 5.84 Å². The highest BCUT2D eigenvalue weighted by molar-refractivity contribution is 7.90. The van der Waals surface area contributed by atoms with Crippen molar-refractivity contribution in [2.45, 2.75) is 16.7 Å². The van der Waals surface area contributed by atoms with Gasteiger partial charge in [-0.1, -0.05) is 18.2 Å². The standard InChI is InChI=1S/C17H18N4O5S2/c1-12(22)20-13-5-4-6-14(11-13)27(23,24)19-10-9-18-17-15-7-2-3-8-16(15)28(25,26)21-17/h2-8,11,19H,9-10H2,1H3,(H,18,21)(H,20,22). The van der Waals surface area contributed by atoms with Crippen LogP contribution in [-0.2, 0) is 24.8 Å². The summed E-state index contributed by atoms with van der Waals surface area (Å²) in [6, 6.07) is 12.3. The number of rotatable bonds is 6. The van der Waals surface area contributed by atoms with Crippen LogP contribution in [0.5, 0.6) is 0 Å². The van der Waals surface area contributed by atoms with Crippen molar-refractivity contribution in [1.82, 2.24) is 9.44 Å².